The molecule has 0 radical (unpaired) electrons. The lowest BCUT2D eigenvalue weighted by Crippen LogP contribution is -2.26. The van der Waals surface area contributed by atoms with E-state index in [-0.39, 0.29) is 16.6 Å². The summed E-state index contributed by atoms with van der Waals surface area (Å²) in [7, 11) is 0. The van der Waals surface area contributed by atoms with E-state index in [0.29, 0.717) is 18.2 Å². The highest BCUT2D eigenvalue weighted by atomic mass is 35.5. The zero-order chi connectivity index (χ0) is 14.4. The van der Waals surface area contributed by atoms with Gasteiger partial charge in [-0.15, -0.1) is 6.58 Å². The van der Waals surface area contributed by atoms with Crippen molar-refractivity contribution < 1.29 is 0 Å². The van der Waals surface area contributed by atoms with Crippen molar-refractivity contribution in [3.05, 3.63) is 34.2 Å². The van der Waals surface area contributed by atoms with Gasteiger partial charge in [-0.25, -0.2) is 4.68 Å². The van der Waals surface area contributed by atoms with Gasteiger partial charge in [-0.1, -0.05) is 37.9 Å². The molecule has 2 atom stereocenters. The fraction of sp³-hybridized carbons (Fsp3) is 0.571. The quantitative estimate of drug-likeness (QED) is 0.781. The predicted octanol–water partition coefficient (Wildman–Crippen LogP) is 3.32. The van der Waals surface area contributed by atoms with Crippen LogP contribution in [0.4, 0.5) is 5.69 Å². The van der Waals surface area contributed by atoms with Gasteiger partial charge < -0.3 is 5.32 Å². The van der Waals surface area contributed by atoms with Crippen LogP contribution < -0.4 is 10.9 Å². The first-order valence-corrected chi connectivity index (χ1v) is 7.00. The van der Waals surface area contributed by atoms with Crippen LogP contribution >= 0.6 is 11.6 Å². The number of nitrogens with zero attached hydrogens (tertiary/aromatic N) is 2. The van der Waals surface area contributed by atoms with E-state index in [1.54, 1.807) is 12.3 Å². The number of hydrogen-bond acceptors (Lipinski definition) is 3. The summed E-state index contributed by atoms with van der Waals surface area (Å²) in [5.74, 6) is 0.635. The lowest BCUT2D eigenvalue weighted by molar-refractivity contribution is 0.483. The zero-order valence-corrected chi connectivity index (χ0v) is 12.6. The van der Waals surface area contributed by atoms with E-state index in [1.807, 2.05) is 0 Å². The average Bonchev–Trinajstić information content (AvgIpc) is 2.38. The van der Waals surface area contributed by atoms with Crippen LogP contribution in [0.25, 0.3) is 0 Å². The maximum absolute atomic E-state index is 11.9. The Kier molecular flexibility index (Phi) is 6.09. The van der Waals surface area contributed by atoms with Crippen LogP contribution in [0.15, 0.2) is 23.6 Å². The molecule has 4 nitrogen and oxygen atoms in total. The number of anilines is 1. The van der Waals surface area contributed by atoms with Crippen molar-refractivity contribution in [2.75, 3.05) is 5.32 Å². The van der Waals surface area contributed by atoms with Crippen molar-refractivity contribution >= 4 is 17.3 Å². The van der Waals surface area contributed by atoms with Crippen LogP contribution in [-0.2, 0) is 6.54 Å². The highest BCUT2D eigenvalue weighted by molar-refractivity contribution is 6.32. The molecule has 1 aromatic heterocycles. The van der Waals surface area contributed by atoms with Crippen molar-refractivity contribution in [3.63, 3.8) is 0 Å². The smallest absolute Gasteiger partial charge is 0.287 e. The van der Waals surface area contributed by atoms with Crippen LogP contribution in [0.5, 0.6) is 0 Å². The second-order valence-electron chi connectivity index (χ2n) is 4.94. The van der Waals surface area contributed by atoms with Crippen molar-refractivity contribution in [1.29, 1.82) is 0 Å². The zero-order valence-electron chi connectivity index (χ0n) is 11.8. The molecule has 0 saturated heterocycles. The molecule has 1 N–H and O–H groups in total. The van der Waals surface area contributed by atoms with Crippen LogP contribution in [0, 0.1) is 5.92 Å². The third-order valence-corrected chi connectivity index (χ3v) is 3.51. The van der Waals surface area contributed by atoms with Crippen LogP contribution in [0.3, 0.4) is 0 Å². The molecular formula is C14H22ClN3O. The van der Waals surface area contributed by atoms with Gasteiger partial charge in [0.2, 0.25) is 0 Å². The summed E-state index contributed by atoms with van der Waals surface area (Å²) in [4.78, 5) is 11.9. The first-order chi connectivity index (χ1) is 8.99. The van der Waals surface area contributed by atoms with Gasteiger partial charge in [-0.05, 0) is 19.3 Å². The number of nitrogens with one attached hydrogen (secondary N) is 1. The van der Waals surface area contributed by atoms with E-state index < -0.39 is 0 Å². The Labute approximate surface area is 119 Å². The lowest BCUT2D eigenvalue weighted by atomic mass is 10.0. The van der Waals surface area contributed by atoms with Gasteiger partial charge in [0.1, 0.15) is 5.02 Å². The largest absolute Gasteiger partial charge is 0.380 e. The number of halogens is 1. The van der Waals surface area contributed by atoms with Gasteiger partial charge in [-0.3, -0.25) is 4.79 Å². The molecule has 0 aliphatic rings. The van der Waals surface area contributed by atoms with E-state index >= 15 is 0 Å². The summed E-state index contributed by atoms with van der Waals surface area (Å²) in [6.07, 6.45) is 5.38. The van der Waals surface area contributed by atoms with Gasteiger partial charge >= 0.3 is 0 Å². The summed E-state index contributed by atoms with van der Waals surface area (Å²) >= 11 is 6.08. The minimum Gasteiger partial charge on any atom is -0.380 e. The van der Waals surface area contributed by atoms with Gasteiger partial charge in [0.05, 0.1) is 18.4 Å². The minimum atomic E-state index is -0.290. The minimum absolute atomic E-state index is 0.188. The molecule has 0 aliphatic carbocycles. The molecule has 0 aliphatic heterocycles. The van der Waals surface area contributed by atoms with Crippen LogP contribution in [-0.4, -0.2) is 15.8 Å². The van der Waals surface area contributed by atoms with Crippen molar-refractivity contribution in [2.24, 2.45) is 5.92 Å². The second kappa shape index (κ2) is 7.34. The molecule has 1 heterocycles. The molecule has 0 amide bonds. The van der Waals surface area contributed by atoms with Crippen LogP contribution in [0.1, 0.15) is 33.6 Å². The highest BCUT2D eigenvalue weighted by Crippen LogP contribution is 2.19. The third kappa shape index (κ3) is 4.39. The Morgan fingerprint density at radius 1 is 1.58 bits per heavy atom. The SMILES string of the molecule is C=CCn1ncc(NC(C)CC(C)CC)c(Cl)c1=O. The molecule has 0 spiro atoms. The molecule has 0 bridgehead atoms. The normalized spacial score (nSPS) is 13.9. The maximum atomic E-state index is 11.9. The van der Waals surface area contributed by atoms with E-state index in [1.165, 1.54) is 4.68 Å². The Morgan fingerprint density at radius 3 is 2.84 bits per heavy atom. The monoisotopic (exact) mass is 283 g/mol. The highest BCUT2D eigenvalue weighted by Gasteiger charge is 2.12. The number of hydrogen-bond donors (Lipinski definition) is 1. The third-order valence-electron chi connectivity index (χ3n) is 3.14. The van der Waals surface area contributed by atoms with Crippen molar-refractivity contribution in [2.45, 2.75) is 46.2 Å². The Morgan fingerprint density at radius 2 is 2.26 bits per heavy atom. The van der Waals surface area contributed by atoms with E-state index in [9.17, 15) is 4.79 Å². The maximum Gasteiger partial charge on any atom is 0.287 e. The molecule has 1 rings (SSSR count). The fourth-order valence-corrected chi connectivity index (χ4v) is 2.11. The summed E-state index contributed by atoms with van der Waals surface area (Å²) in [5.41, 5.74) is 0.310. The lowest BCUT2D eigenvalue weighted by Gasteiger charge is -2.19. The van der Waals surface area contributed by atoms with Crippen molar-refractivity contribution in [3.8, 4) is 0 Å². The molecule has 5 heteroatoms. The Hall–Kier alpha value is -1.29. The number of allylic oxidation sites excluding steroid dienone is 1. The topological polar surface area (TPSA) is 46.9 Å². The summed E-state index contributed by atoms with van der Waals surface area (Å²) in [6.45, 7) is 10.4. The molecule has 0 aromatic carbocycles. The van der Waals surface area contributed by atoms with Gasteiger partial charge in [0.25, 0.3) is 5.56 Å². The molecule has 0 fully saturated rings. The van der Waals surface area contributed by atoms with Gasteiger partial charge in [0, 0.05) is 6.04 Å². The predicted molar refractivity (Wildman–Crippen MR) is 80.9 cm³/mol. The van der Waals surface area contributed by atoms with E-state index in [4.69, 9.17) is 11.6 Å². The Balaban J connectivity index is 2.82. The van der Waals surface area contributed by atoms with Crippen molar-refractivity contribution in [1.82, 2.24) is 9.78 Å². The van der Waals surface area contributed by atoms with Crippen LogP contribution in [0.2, 0.25) is 5.02 Å². The number of rotatable bonds is 7. The van der Waals surface area contributed by atoms with Gasteiger partial charge in [-0.2, -0.15) is 5.10 Å². The Bertz CT molecular complexity index is 484. The standard InChI is InChI=1S/C14H22ClN3O/c1-5-7-18-14(19)13(15)12(9-16-18)17-11(4)8-10(3)6-2/h5,9-11,17H,1,6-8H2,2-4H3. The average molecular weight is 284 g/mol. The molecule has 106 valence electrons. The van der Waals surface area contributed by atoms with E-state index in [2.05, 4.69) is 37.8 Å². The van der Waals surface area contributed by atoms with E-state index in [0.717, 1.165) is 12.8 Å². The first-order valence-electron chi connectivity index (χ1n) is 6.62. The second-order valence-corrected chi connectivity index (χ2v) is 5.32. The summed E-state index contributed by atoms with van der Waals surface area (Å²) in [5, 5.41) is 7.51. The molecule has 19 heavy (non-hydrogen) atoms. The first kappa shape index (κ1) is 15.8. The molecule has 0 saturated carbocycles. The molecule has 2 unspecified atom stereocenters. The fourth-order valence-electron chi connectivity index (χ4n) is 1.91. The van der Waals surface area contributed by atoms with Gasteiger partial charge in [0.15, 0.2) is 0 Å². The summed E-state index contributed by atoms with van der Waals surface area (Å²) < 4.78 is 1.29. The summed E-state index contributed by atoms with van der Waals surface area (Å²) in [6, 6.07) is 0.254. The molecule has 1 aromatic rings. The number of aromatic nitrogens is 2. The molecular weight excluding hydrogens is 262 g/mol.